The number of ether oxygens (including phenoxy) is 1. The molecule has 2 unspecified atom stereocenters. The molecule has 1 aliphatic heterocycles. The van der Waals surface area contributed by atoms with Gasteiger partial charge in [-0.1, -0.05) is 6.92 Å². The van der Waals surface area contributed by atoms with E-state index in [9.17, 15) is 9.90 Å². The smallest absolute Gasteiger partial charge is 0.355 e. The maximum absolute atomic E-state index is 11.3. The summed E-state index contributed by atoms with van der Waals surface area (Å²) in [6.45, 7) is 8.51. The monoisotopic (exact) mass is 298 g/mol. The fourth-order valence-corrected chi connectivity index (χ4v) is 3.82. The van der Waals surface area contributed by atoms with E-state index in [1.807, 2.05) is 0 Å². The lowest BCUT2D eigenvalue weighted by molar-refractivity contribution is -0.0702. The summed E-state index contributed by atoms with van der Waals surface area (Å²) in [5.74, 6) is -0.923. The Balaban J connectivity index is 2.13. The van der Waals surface area contributed by atoms with E-state index in [-0.39, 0.29) is 17.9 Å². The first-order valence-electron chi connectivity index (χ1n) is 7.09. The number of thiazole rings is 1. The average molecular weight is 298 g/mol. The number of carboxylic acid groups (broad SMARTS) is 1. The van der Waals surface area contributed by atoms with Crippen molar-refractivity contribution in [1.29, 1.82) is 0 Å². The highest BCUT2D eigenvalue weighted by molar-refractivity contribution is 7.11. The fourth-order valence-electron chi connectivity index (χ4n) is 2.61. The molecule has 1 N–H and O–H groups in total. The van der Waals surface area contributed by atoms with Crippen LogP contribution in [0.3, 0.4) is 0 Å². The van der Waals surface area contributed by atoms with E-state index in [0.29, 0.717) is 6.54 Å². The quantitative estimate of drug-likeness (QED) is 0.904. The standard InChI is InChI=1S/C14H22N2O3S/c1-4-5-12-15-13(14(17)18)11(20-12)8-16-6-9(2)19-10(3)7-16/h9-10H,4-8H2,1-3H3,(H,17,18). The molecule has 1 fully saturated rings. The number of carbonyl (C=O) groups is 1. The molecule has 6 heteroatoms. The molecule has 1 saturated heterocycles. The van der Waals surface area contributed by atoms with Gasteiger partial charge in [0.15, 0.2) is 5.69 Å². The summed E-state index contributed by atoms with van der Waals surface area (Å²) in [5.41, 5.74) is 0.227. The number of morpholine rings is 1. The SMILES string of the molecule is CCCc1nc(C(=O)O)c(CN2CC(C)OC(C)C2)s1. The van der Waals surface area contributed by atoms with Crippen LogP contribution in [0.4, 0.5) is 0 Å². The summed E-state index contributed by atoms with van der Waals surface area (Å²) < 4.78 is 5.71. The van der Waals surface area contributed by atoms with Crippen LogP contribution in [0.25, 0.3) is 0 Å². The second-order valence-corrected chi connectivity index (χ2v) is 6.55. The highest BCUT2D eigenvalue weighted by atomic mass is 32.1. The van der Waals surface area contributed by atoms with Gasteiger partial charge >= 0.3 is 5.97 Å². The number of hydrogen-bond donors (Lipinski definition) is 1. The first-order valence-corrected chi connectivity index (χ1v) is 7.91. The molecule has 0 saturated carbocycles. The van der Waals surface area contributed by atoms with E-state index in [4.69, 9.17) is 4.74 Å². The van der Waals surface area contributed by atoms with E-state index in [0.717, 1.165) is 35.8 Å². The molecule has 2 heterocycles. The predicted molar refractivity (Wildman–Crippen MR) is 78.4 cm³/mol. The molecule has 20 heavy (non-hydrogen) atoms. The highest BCUT2D eigenvalue weighted by Crippen LogP contribution is 2.23. The van der Waals surface area contributed by atoms with Crippen molar-refractivity contribution >= 4 is 17.3 Å². The van der Waals surface area contributed by atoms with Gasteiger partial charge in [-0.05, 0) is 26.7 Å². The van der Waals surface area contributed by atoms with E-state index >= 15 is 0 Å². The molecule has 0 spiro atoms. The normalized spacial score (nSPS) is 23.9. The molecule has 1 aromatic rings. The Bertz CT molecular complexity index is 465. The first kappa shape index (κ1) is 15.4. The van der Waals surface area contributed by atoms with Gasteiger partial charge in [0.05, 0.1) is 22.1 Å². The van der Waals surface area contributed by atoms with Gasteiger partial charge in [-0.25, -0.2) is 9.78 Å². The van der Waals surface area contributed by atoms with Crippen LogP contribution in [0.2, 0.25) is 0 Å². The van der Waals surface area contributed by atoms with Crippen molar-refractivity contribution in [3.8, 4) is 0 Å². The van der Waals surface area contributed by atoms with Crippen molar-refractivity contribution in [2.75, 3.05) is 13.1 Å². The minimum atomic E-state index is -0.923. The molecule has 2 atom stereocenters. The van der Waals surface area contributed by atoms with Crippen molar-refractivity contribution in [3.05, 3.63) is 15.6 Å². The van der Waals surface area contributed by atoms with E-state index in [1.165, 1.54) is 11.3 Å². The van der Waals surface area contributed by atoms with Crippen LogP contribution < -0.4 is 0 Å². The number of aromatic nitrogens is 1. The molecular weight excluding hydrogens is 276 g/mol. The third-order valence-corrected chi connectivity index (χ3v) is 4.37. The first-order chi connectivity index (χ1) is 9.49. The van der Waals surface area contributed by atoms with Crippen LogP contribution in [0.5, 0.6) is 0 Å². The Kier molecular flexibility index (Phi) is 5.12. The Morgan fingerprint density at radius 1 is 1.45 bits per heavy atom. The van der Waals surface area contributed by atoms with E-state index in [1.54, 1.807) is 0 Å². The topological polar surface area (TPSA) is 62.7 Å². The molecule has 0 aromatic carbocycles. The lowest BCUT2D eigenvalue weighted by atomic mass is 10.2. The molecule has 1 aromatic heterocycles. The van der Waals surface area contributed by atoms with Gasteiger partial charge in [-0.2, -0.15) is 0 Å². The maximum atomic E-state index is 11.3. The molecule has 0 radical (unpaired) electrons. The van der Waals surface area contributed by atoms with Crippen molar-refractivity contribution in [2.24, 2.45) is 0 Å². The predicted octanol–water partition coefficient (Wildman–Crippen LogP) is 2.40. The van der Waals surface area contributed by atoms with Gasteiger partial charge in [0.25, 0.3) is 0 Å². The largest absolute Gasteiger partial charge is 0.476 e. The van der Waals surface area contributed by atoms with Crippen molar-refractivity contribution in [2.45, 2.75) is 52.4 Å². The maximum Gasteiger partial charge on any atom is 0.355 e. The second kappa shape index (κ2) is 6.65. The number of nitrogens with zero attached hydrogens (tertiary/aromatic N) is 2. The molecule has 1 aliphatic rings. The van der Waals surface area contributed by atoms with Crippen LogP contribution in [0.15, 0.2) is 0 Å². The highest BCUT2D eigenvalue weighted by Gasteiger charge is 2.25. The molecule has 0 amide bonds. The van der Waals surface area contributed by atoms with E-state index < -0.39 is 5.97 Å². The average Bonchev–Trinajstić information content (AvgIpc) is 2.71. The fraction of sp³-hybridized carbons (Fsp3) is 0.714. The summed E-state index contributed by atoms with van der Waals surface area (Å²) in [5, 5.41) is 10.2. The zero-order valence-corrected chi connectivity index (χ0v) is 13.1. The van der Waals surface area contributed by atoms with Gasteiger partial charge in [0.2, 0.25) is 0 Å². The van der Waals surface area contributed by atoms with Gasteiger partial charge in [-0.15, -0.1) is 11.3 Å². The second-order valence-electron chi connectivity index (χ2n) is 5.39. The van der Waals surface area contributed by atoms with Gasteiger partial charge in [-0.3, -0.25) is 4.90 Å². The summed E-state index contributed by atoms with van der Waals surface area (Å²) in [6.07, 6.45) is 2.21. The van der Waals surface area contributed by atoms with Gasteiger partial charge < -0.3 is 9.84 Å². The summed E-state index contributed by atoms with van der Waals surface area (Å²) in [4.78, 5) is 18.7. The molecule has 2 rings (SSSR count). The van der Waals surface area contributed by atoms with Crippen molar-refractivity contribution < 1.29 is 14.6 Å². The van der Waals surface area contributed by atoms with Crippen LogP contribution in [0, 0.1) is 0 Å². The molecule has 5 nitrogen and oxygen atoms in total. The number of hydrogen-bond acceptors (Lipinski definition) is 5. The Labute approximate surface area is 123 Å². The van der Waals surface area contributed by atoms with Gasteiger partial charge in [0.1, 0.15) is 0 Å². The molecule has 0 aliphatic carbocycles. The van der Waals surface area contributed by atoms with Crippen molar-refractivity contribution in [1.82, 2.24) is 9.88 Å². The number of aryl methyl sites for hydroxylation is 1. The van der Waals surface area contributed by atoms with Crippen molar-refractivity contribution in [3.63, 3.8) is 0 Å². The Morgan fingerprint density at radius 2 is 2.10 bits per heavy atom. The summed E-state index contributed by atoms with van der Waals surface area (Å²) in [7, 11) is 0. The zero-order chi connectivity index (χ0) is 14.7. The molecule has 112 valence electrons. The minimum Gasteiger partial charge on any atom is -0.476 e. The van der Waals surface area contributed by atoms with Crippen LogP contribution in [-0.2, 0) is 17.7 Å². The lowest BCUT2D eigenvalue weighted by Gasteiger charge is -2.35. The van der Waals surface area contributed by atoms with Crippen LogP contribution in [0.1, 0.15) is 47.6 Å². The number of rotatable bonds is 5. The molecule has 0 bridgehead atoms. The van der Waals surface area contributed by atoms with Gasteiger partial charge in [0, 0.05) is 19.6 Å². The zero-order valence-electron chi connectivity index (χ0n) is 12.3. The van der Waals surface area contributed by atoms with E-state index in [2.05, 4.69) is 30.7 Å². The lowest BCUT2D eigenvalue weighted by Crippen LogP contribution is -2.44. The third kappa shape index (κ3) is 3.77. The minimum absolute atomic E-state index is 0.190. The molecular formula is C14H22N2O3S. The summed E-state index contributed by atoms with van der Waals surface area (Å²) in [6, 6.07) is 0. The summed E-state index contributed by atoms with van der Waals surface area (Å²) >= 11 is 1.53. The third-order valence-electron chi connectivity index (χ3n) is 3.27. The Hall–Kier alpha value is -0.980. The van der Waals surface area contributed by atoms with Crippen LogP contribution in [-0.4, -0.2) is 46.3 Å². The number of aromatic carboxylic acids is 1. The number of carboxylic acids is 1. The van der Waals surface area contributed by atoms with Crippen LogP contribution >= 0.6 is 11.3 Å². The Morgan fingerprint density at radius 3 is 2.65 bits per heavy atom.